The van der Waals surface area contributed by atoms with Crippen LogP contribution in [0.25, 0.3) is 0 Å². The highest BCUT2D eigenvalue weighted by molar-refractivity contribution is 6.01. The second-order valence-corrected chi connectivity index (χ2v) is 8.98. The van der Waals surface area contributed by atoms with Gasteiger partial charge in [-0.3, -0.25) is 14.4 Å². The first kappa shape index (κ1) is 20.0. The molecular weight excluding hydrogens is 344 g/mol. The van der Waals surface area contributed by atoms with Crippen LogP contribution in [0.15, 0.2) is 23.8 Å². The maximum Gasteiger partial charge on any atom is 0.300 e. The molecule has 0 saturated heterocycles. The average molecular weight is 374 g/mol. The van der Waals surface area contributed by atoms with Gasteiger partial charge in [-0.25, -0.2) is 0 Å². The summed E-state index contributed by atoms with van der Waals surface area (Å²) in [5.74, 6) is 1.26. The Morgan fingerprint density at radius 1 is 1.26 bits per heavy atom. The Labute approximate surface area is 160 Å². The van der Waals surface area contributed by atoms with Gasteiger partial charge in [-0.1, -0.05) is 25.5 Å². The minimum Gasteiger partial charge on any atom is -0.481 e. The quantitative estimate of drug-likeness (QED) is 0.735. The van der Waals surface area contributed by atoms with Crippen LogP contribution in [0.4, 0.5) is 0 Å². The lowest BCUT2D eigenvalue weighted by Crippen LogP contribution is -2.53. The molecule has 0 aromatic rings. The summed E-state index contributed by atoms with van der Waals surface area (Å²) in [5, 5.41) is 17.7. The smallest absolute Gasteiger partial charge is 0.300 e. The zero-order valence-corrected chi connectivity index (χ0v) is 16.4. The molecular formula is C22H30O5. The highest BCUT2D eigenvalue weighted by Crippen LogP contribution is 2.64. The van der Waals surface area contributed by atoms with E-state index < -0.39 is 5.97 Å². The van der Waals surface area contributed by atoms with Gasteiger partial charge < -0.3 is 10.2 Å². The number of aliphatic hydroxyl groups excluding tert-OH is 1. The minimum absolute atomic E-state index is 0.0473. The van der Waals surface area contributed by atoms with E-state index in [1.165, 1.54) is 0 Å². The van der Waals surface area contributed by atoms with Crippen LogP contribution < -0.4 is 0 Å². The summed E-state index contributed by atoms with van der Waals surface area (Å²) in [4.78, 5) is 33.3. The molecule has 3 saturated carbocycles. The van der Waals surface area contributed by atoms with Crippen LogP contribution in [0.1, 0.15) is 52.9 Å². The van der Waals surface area contributed by atoms with E-state index in [-0.39, 0.29) is 23.2 Å². The Morgan fingerprint density at radius 2 is 1.93 bits per heavy atom. The van der Waals surface area contributed by atoms with Crippen molar-refractivity contribution in [3.63, 3.8) is 0 Å². The van der Waals surface area contributed by atoms with Gasteiger partial charge in [0.15, 0.2) is 5.78 Å². The topological polar surface area (TPSA) is 91.7 Å². The fourth-order valence-corrected chi connectivity index (χ4v) is 6.42. The van der Waals surface area contributed by atoms with Crippen molar-refractivity contribution in [2.75, 3.05) is 6.61 Å². The number of allylic oxidation sites excluding steroid dienone is 2. The first-order valence-corrected chi connectivity index (χ1v) is 9.94. The van der Waals surface area contributed by atoms with Crippen molar-refractivity contribution in [3.05, 3.63) is 23.8 Å². The second kappa shape index (κ2) is 7.01. The number of Topliss-reactive ketones (excluding diaryl/α,β-unsaturated/α-hetero) is 1. The zero-order valence-electron chi connectivity index (χ0n) is 16.4. The van der Waals surface area contributed by atoms with E-state index in [4.69, 9.17) is 9.90 Å². The first-order valence-electron chi connectivity index (χ1n) is 9.94. The number of carbonyl (C=O) groups is 3. The van der Waals surface area contributed by atoms with Crippen molar-refractivity contribution in [3.8, 4) is 0 Å². The Bertz CT molecular complexity index is 716. The van der Waals surface area contributed by atoms with Crippen LogP contribution in [-0.2, 0) is 14.4 Å². The fourth-order valence-electron chi connectivity index (χ4n) is 6.42. The summed E-state index contributed by atoms with van der Waals surface area (Å²) in [6.45, 7) is 5.51. The SMILES string of the molecule is CC(=O)O.C[C@H]1C[C@H]2[C@@H]3CCC(=O)[C@@]3(C)CC[C@@H]2[C@@]2(CO)C=CC(=O)C=C12. The number of carbonyl (C=O) groups excluding carboxylic acids is 2. The third-order valence-corrected chi connectivity index (χ3v) is 7.61. The number of aliphatic carboxylic acids is 1. The molecule has 0 unspecified atom stereocenters. The van der Waals surface area contributed by atoms with E-state index in [9.17, 15) is 14.7 Å². The van der Waals surface area contributed by atoms with Crippen LogP contribution in [-0.4, -0.2) is 34.4 Å². The predicted molar refractivity (Wildman–Crippen MR) is 101 cm³/mol. The molecule has 5 heteroatoms. The molecule has 0 amide bonds. The number of rotatable bonds is 1. The van der Waals surface area contributed by atoms with Crippen molar-refractivity contribution < 1.29 is 24.6 Å². The van der Waals surface area contributed by atoms with Gasteiger partial charge in [0, 0.05) is 24.2 Å². The highest BCUT2D eigenvalue weighted by Gasteiger charge is 2.60. The Balaban J connectivity index is 0.000000481. The number of hydrogen-bond acceptors (Lipinski definition) is 4. The number of ketones is 2. The van der Waals surface area contributed by atoms with E-state index in [0.717, 1.165) is 44.6 Å². The fraction of sp³-hybridized carbons (Fsp3) is 0.682. The standard InChI is InChI=1S/C20H26O3.C2H4O2/c1-12-9-14-15-3-4-18(23)19(15,2)7-6-16(14)20(11-21)8-5-13(22)10-17(12)20;1-2(3)4/h5,8,10,12,14-16,21H,3-4,6-7,9,11H2,1-2H3;1H3,(H,3,4)/t12-,14-,15-,16-,19-,20-;/m0./s1. The van der Waals surface area contributed by atoms with Gasteiger partial charge in [-0.2, -0.15) is 0 Å². The molecule has 3 fully saturated rings. The van der Waals surface area contributed by atoms with Gasteiger partial charge in [0.2, 0.25) is 0 Å². The summed E-state index contributed by atoms with van der Waals surface area (Å²) in [6, 6.07) is 0. The predicted octanol–water partition coefficient (Wildman–Crippen LogP) is 3.17. The molecule has 0 aliphatic heterocycles. The normalized spacial score (nSPS) is 42.3. The van der Waals surface area contributed by atoms with E-state index in [1.54, 1.807) is 12.2 Å². The van der Waals surface area contributed by atoms with E-state index in [1.807, 2.05) is 6.08 Å². The lowest BCUT2D eigenvalue weighted by Gasteiger charge is -2.57. The van der Waals surface area contributed by atoms with Crippen molar-refractivity contribution in [2.24, 2.45) is 34.5 Å². The molecule has 0 spiro atoms. The molecule has 4 rings (SSSR count). The van der Waals surface area contributed by atoms with Crippen molar-refractivity contribution >= 4 is 17.5 Å². The van der Waals surface area contributed by atoms with Crippen LogP contribution >= 0.6 is 0 Å². The van der Waals surface area contributed by atoms with Gasteiger partial charge in [0.25, 0.3) is 5.97 Å². The Hall–Kier alpha value is -1.75. The van der Waals surface area contributed by atoms with Gasteiger partial charge in [0.1, 0.15) is 5.78 Å². The van der Waals surface area contributed by atoms with Gasteiger partial charge in [0.05, 0.1) is 6.61 Å². The van der Waals surface area contributed by atoms with Crippen molar-refractivity contribution in [1.82, 2.24) is 0 Å². The molecule has 0 bridgehead atoms. The number of carboxylic acids is 1. The summed E-state index contributed by atoms with van der Waals surface area (Å²) in [7, 11) is 0. The molecule has 148 valence electrons. The number of aliphatic hydroxyl groups is 1. The number of hydrogen-bond donors (Lipinski definition) is 2. The first-order chi connectivity index (χ1) is 12.7. The Morgan fingerprint density at radius 3 is 2.56 bits per heavy atom. The lowest BCUT2D eigenvalue weighted by molar-refractivity contribution is -0.134. The molecule has 0 aromatic heterocycles. The molecule has 2 N–H and O–H groups in total. The summed E-state index contributed by atoms with van der Waals surface area (Å²) in [6.07, 6.45) is 10.1. The Kier molecular flexibility index (Phi) is 5.19. The van der Waals surface area contributed by atoms with E-state index in [2.05, 4.69) is 13.8 Å². The molecule has 0 heterocycles. The maximum absolute atomic E-state index is 12.4. The van der Waals surface area contributed by atoms with Gasteiger partial charge in [-0.15, -0.1) is 0 Å². The number of fused-ring (bicyclic) bond motifs is 5. The number of carboxylic acid groups (broad SMARTS) is 1. The molecule has 5 nitrogen and oxygen atoms in total. The monoisotopic (exact) mass is 374 g/mol. The maximum atomic E-state index is 12.4. The van der Waals surface area contributed by atoms with Crippen LogP contribution in [0.3, 0.4) is 0 Å². The minimum atomic E-state index is -0.833. The molecule has 4 aliphatic rings. The molecule has 27 heavy (non-hydrogen) atoms. The summed E-state index contributed by atoms with van der Waals surface area (Å²) >= 11 is 0. The molecule has 0 aromatic carbocycles. The van der Waals surface area contributed by atoms with Crippen LogP contribution in [0.5, 0.6) is 0 Å². The van der Waals surface area contributed by atoms with Crippen LogP contribution in [0, 0.1) is 34.5 Å². The molecule has 4 aliphatic carbocycles. The molecule has 6 atom stereocenters. The third kappa shape index (κ3) is 3.10. The highest BCUT2D eigenvalue weighted by atomic mass is 16.4. The lowest BCUT2D eigenvalue weighted by atomic mass is 9.46. The summed E-state index contributed by atoms with van der Waals surface area (Å²) < 4.78 is 0. The van der Waals surface area contributed by atoms with E-state index in [0.29, 0.717) is 29.5 Å². The molecule has 0 radical (unpaired) electrons. The van der Waals surface area contributed by atoms with Crippen molar-refractivity contribution in [2.45, 2.75) is 52.9 Å². The third-order valence-electron chi connectivity index (χ3n) is 7.61. The van der Waals surface area contributed by atoms with Gasteiger partial charge >= 0.3 is 0 Å². The van der Waals surface area contributed by atoms with Crippen molar-refractivity contribution in [1.29, 1.82) is 0 Å². The largest absolute Gasteiger partial charge is 0.481 e. The zero-order chi connectivity index (χ0) is 20.0. The summed E-state index contributed by atoms with van der Waals surface area (Å²) in [5.41, 5.74) is 0.609. The van der Waals surface area contributed by atoms with Crippen LogP contribution in [0.2, 0.25) is 0 Å². The van der Waals surface area contributed by atoms with E-state index >= 15 is 0 Å². The average Bonchev–Trinajstić information content (AvgIpc) is 2.90. The second-order valence-electron chi connectivity index (χ2n) is 8.98. The van der Waals surface area contributed by atoms with Gasteiger partial charge in [-0.05, 0) is 61.5 Å².